The molecule has 1 aromatic heterocycles. The summed E-state index contributed by atoms with van der Waals surface area (Å²) in [5.41, 5.74) is 9.27. The van der Waals surface area contributed by atoms with Gasteiger partial charge in [0.2, 0.25) is 6.71 Å². The van der Waals surface area contributed by atoms with Crippen molar-refractivity contribution in [2.24, 2.45) is 0 Å². The smallest absolute Gasteiger partial charge is 0.242 e. The zero-order valence-corrected chi connectivity index (χ0v) is 20.5. The highest BCUT2D eigenvalue weighted by Gasteiger charge is 2.25. The maximum atomic E-state index is 5.12. The monoisotopic (exact) mass is 471 g/mol. The molecule has 0 unspecified atom stereocenters. The third-order valence-corrected chi connectivity index (χ3v) is 6.81. The van der Waals surface area contributed by atoms with Crippen molar-refractivity contribution >= 4 is 40.1 Å². The van der Waals surface area contributed by atoms with Gasteiger partial charge in [-0.2, -0.15) is 0 Å². The third-order valence-electron chi connectivity index (χ3n) is 6.81. The van der Waals surface area contributed by atoms with Crippen molar-refractivity contribution < 1.29 is 0 Å². The van der Waals surface area contributed by atoms with E-state index in [1.807, 2.05) is 0 Å². The molecule has 0 fully saturated rings. The first-order valence-corrected chi connectivity index (χ1v) is 12.7. The first-order valence-electron chi connectivity index (χ1n) is 12.7. The third kappa shape index (κ3) is 4.87. The van der Waals surface area contributed by atoms with E-state index in [-0.39, 0.29) is 6.71 Å². The molecule has 5 aromatic carbocycles. The van der Waals surface area contributed by atoms with E-state index in [2.05, 4.69) is 158 Å². The molecule has 37 heavy (non-hydrogen) atoms. The van der Waals surface area contributed by atoms with Gasteiger partial charge in [-0.25, -0.2) is 4.98 Å². The van der Waals surface area contributed by atoms with Gasteiger partial charge in [-0.05, 0) is 34.9 Å². The fourth-order valence-corrected chi connectivity index (χ4v) is 5.09. The number of aromatic nitrogens is 1. The lowest BCUT2D eigenvalue weighted by molar-refractivity contribution is 1.37. The van der Waals surface area contributed by atoms with Gasteiger partial charge >= 0.3 is 0 Å². The van der Waals surface area contributed by atoms with Crippen LogP contribution < -0.4 is 10.9 Å². The summed E-state index contributed by atoms with van der Waals surface area (Å²) in [5.74, 6) is 0. The van der Waals surface area contributed by atoms with Crippen LogP contribution in [0.4, 0.5) is 0 Å². The van der Waals surface area contributed by atoms with E-state index in [1.165, 1.54) is 33.1 Å². The highest BCUT2D eigenvalue weighted by molar-refractivity contribution is 7.00. The number of nitrogens with zero attached hydrogens (tertiary/aromatic N) is 1. The Morgan fingerprint density at radius 1 is 0.541 bits per heavy atom. The van der Waals surface area contributed by atoms with Crippen molar-refractivity contribution in [2.75, 3.05) is 0 Å². The Kier molecular flexibility index (Phi) is 6.47. The van der Waals surface area contributed by atoms with Crippen molar-refractivity contribution in [1.29, 1.82) is 0 Å². The maximum Gasteiger partial charge on any atom is 0.242 e. The molecule has 0 atom stereocenters. The number of hydrogen-bond donors (Lipinski definition) is 0. The highest BCUT2D eigenvalue weighted by Crippen LogP contribution is 2.30. The van der Waals surface area contributed by atoms with Crippen LogP contribution >= 0.6 is 0 Å². The second-order valence-electron chi connectivity index (χ2n) is 9.20. The van der Waals surface area contributed by atoms with Crippen LogP contribution in [0.5, 0.6) is 0 Å². The number of pyridine rings is 1. The van der Waals surface area contributed by atoms with Gasteiger partial charge in [-0.3, -0.25) is 0 Å². The number of hydrogen-bond acceptors (Lipinski definition) is 1. The summed E-state index contributed by atoms with van der Waals surface area (Å²) in [7, 11) is 0. The Balaban J connectivity index is 1.61. The summed E-state index contributed by atoms with van der Waals surface area (Å²) < 4.78 is 0. The molecule has 0 bridgehead atoms. The van der Waals surface area contributed by atoms with Crippen molar-refractivity contribution in [3.63, 3.8) is 0 Å². The Morgan fingerprint density at radius 2 is 1.05 bits per heavy atom. The molecule has 0 saturated heterocycles. The van der Waals surface area contributed by atoms with Gasteiger partial charge in [0.05, 0.1) is 11.2 Å². The molecular weight excluding hydrogens is 445 g/mol. The van der Waals surface area contributed by atoms with E-state index >= 15 is 0 Å². The van der Waals surface area contributed by atoms with Crippen molar-refractivity contribution in [2.45, 2.75) is 0 Å². The van der Waals surface area contributed by atoms with E-state index < -0.39 is 0 Å². The van der Waals surface area contributed by atoms with Crippen LogP contribution in [0.15, 0.2) is 152 Å². The van der Waals surface area contributed by atoms with E-state index in [0.29, 0.717) is 0 Å². The molecule has 0 spiro atoms. The molecular formula is C35H26BN. The Morgan fingerprint density at radius 3 is 1.68 bits per heavy atom. The lowest BCUT2D eigenvalue weighted by atomic mass is 9.35. The van der Waals surface area contributed by atoms with E-state index in [0.717, 1.165) is 16.6 Å². The summed E-state index contributed by atoms with van der Waals surface area (Å²) in [4.78, 5) is 5.12. The topological polar surface area (TPSA) is 12.9 Å². The molecule has 6 rings (SSSR count). The zero-order valence-electron chi connectivity index (χ0n) is 20.5. The fourth-order valence-electron chi connectivity index (χ4n) is 5.09. The molecule has 0 aliphatic rings. The first-order chi connectivity index (χ1) is 18.4. The summed E-state index contributed by atoms with van der Waals surface area (Å²) >= 11 is 0. The van der Waals surface area contributed by atoms with Crippen LogP contribution in [0.25, 0.3) is 33.6 Å². The fraction of sp³-hybridized carbons (Fsp3) is 0. The van der Waals surface area contributed by atoms with Crippen molar-refractivity contribution in [3.8, 4) is 11.1 Å². The Hall–Kier alpha value is -4.69. The SMILES string of the molecule is C(=C(B(c1ccccc1)c1ccccc1)c1ccccc1)c1cc(-c2ccccc2)c2ccccc2n1. The highest BCUT2D eigenvalue weighted by atomic mass is 14.7. The molecule has 6 aromatic rings. The predicted molar refractivity (Wildman–Crippen MR) is 159 cm³/mol. The second kappa shape index (κ2) is 10.5. The largest absolute Gasteiger partial charge is 0.248 e. The molecule has 0 aliphatic heterocycles. The van der Waals surface area contributed by atoms with Gasteiger partial charge in [0.1, 0.15) is 0 Å². The van der Waals surface area contributed by atoms with Gasteiger partial charge in [0, 0.05) is 5.39 Å². The van der Waals surface area contributed by atoms with Crippen LogP contribution in [0.1, 0.15) is 11.3 Å². The van der Waals surface area contributed by atoms with E-state index in [9.17, 15) is 0 Å². The summed E-state index contributed by atoms with van der Waals surface area (Å²) in [6.07, 6.45) is 2.28. The molecule has 0 N–H and O–H groups in total. The lowest BCUT2D eigenvalue weighted by Crippen LogP contribution is -2.43. The minimum atomic E-state index is 0.0678. The van der Waals surface area contributed by atoms with E-state index in [1.54, 1.807) is 0 Å². The molecule has 1 heterocycles. The van der Waals surface area contributed by atoms with Crippen LogP contribution in [0, 0.1) is 0 Å². The standard InChI is InChI=1S/C35H26BN/c1-5-15-27(16-6-1)33-25-31(37-35-24-14-13-23-32(33)35)26-34(28-17-7-2-8-18-28)36(29-19-9-3-10-20-29)30-21-11-4-12-22-30/h1-26H. The number of benzene rings is 5. The van der Waals surface area contributed by atoms with Crippen LogP contribution in [0.3, 0.4) is 0 Å². The van der Waals surface area contributed by atoms with Gasteiger partial charge in [-0.15, -0.1) is 0 Å². The van der Waals surface area contributed by atoms with Gasteiger partial charge < -0.3 is 0 Å². The quantitative estimate of drug-likeness (QED) is 0.233. The number of rotatable bonds is 6. The van der Waals surface area contributed by atoms with Gasteiger partial charge in [-0.1, -0.05) is 156 Å². The molecule has 0 amide bonds. The molecule has 0 aliphatic carbocycles. The normalized spacial score (nSPS) is 11.4. The summed E-state index contributed by atoms with van der Waals surface area (Å²) in [5, 5.41) is 1.16. The summed E-state index contributed by atoms with van der Waals surface area (Å²) in [6.45, 7) is 0.0678. The molecule has 1 nitrogen and oxygen atoms in total. The maximum absolute atomic E-state index is 5.12. The van der Waals surface area contributed by atoms with Gasteiger partial charge in [0.25, 0.3) is 0 Å². The van der Waals surface area contributed by atoms with Crippen molar-refractivity contribution in [1.82, 2.24) is 4.98 Å². The number of para-hydroxylation sites is 1. The predicted octanol–water partition coefficient (Wildman–Crippen LogP) is 7.29. The average molecular weight is 471 g/mol. The Bertz CT molecular complexity index is 1600. The molecule has 0 saturated carbocycles. The lowest BCUT2D eigenvalue weighted by Gasteiger charge is -2.20. The minimum absolute atomic E-state index is 0.0678. The average Bonchev–Trinajstić information content (AvgIpc) is 2.98. The van der Waals surface area contributed by atoms with Crippen LogP contribution in [-0.2, 0) is 0 Å². The minimum Gasteiger partial charge on any atom is -0.248 e. The Labute approximate surface area is 218 Å². The van der Waals surface area contributed by atoms with Crippen LogP contribution in [0.2, 0.25) is 0 Å². The van der Waals surface area contributed by atoms with Crippen LogP contribution in [-0.4, -0.2) is 11.7 Å². The molecule has 174 valence electrons. The molecule has 0 radical (unpaired) electrons. The second-order valence-corrected chi connectivity index (χ2v) is 9.20. The zero-order chi connectivity index (χ0) is 24.9. The van der Waals surface area contributed by atoms with Crippen molar-refractivity contribution in [3.05, 3.63) is 163 Å². The van der Waals surface area contributed by atoms with E-state index in [4.69, 9.17) is 4.98 Å². The molecule has 2 heteroatoms. The number of fused-ring (bicyclic) bond motifs is 1. The first kappa shape index (κ1) is 22.8. The summed E-state index contributed by atoms with van der Waals surface area (Å²) in [6, 6.07) is 53.4. The van der Waals surface area contributed by atoms with Gasteiger partial charge in [0.15, 0.2) is 0 Å².